The van der Waals surface area contributed by atoms with E-state index in [0.29, 0.717) is 17.8 Å². The fraction of sp³-hybridized carbons (Fsp3) is 0.625. The number of hydrogen-bond donors (Lipinski definition) is 2. The molecule has 1 saturated heterocycles. The largest absolute Gasteiger partial charge is 0.481 e. The van der Waals surface area contributed by atoms with Crippen LogP contribution in [0, 0.1) is 0 Å². The van der Waals surface area contributed by atoms with E-state index in [2.05, 4.69) is 14.7 Å². The zero-order valence-corrected chi connectivity index (χ0v) is 8.38. The molecule has 0 radical (unpaired) electrons. The average Bonchev–Trinajstić information content (AvgIpc) is 2.72. The summed E-state index contributed by atoms with van der Waals surface area (Å²) in [4.78, 5) is 15.3. The highest BCUT2D eigenvalue weighted by Gasteiger charge is 2.43. The molecule has 0 aliphatic carbocycles. The zero-order valence-electron chi connectivity index (χ0n) is 7.56. The van der Waals surface area contributed by atoms with Gasteiger partial charge >= 0.3 is 5.97 Å². The Morgan fingerprint density at radius 3 is 2.79 bits per heavy atom. The van der Waals surface area contributed by atoms with Gasteiger partial charge in [0.15, 0.2) is 0 Å². The highest BCUT2D eigenvalue weighted by molar-refractivity contribution is 7.05. The van der Waals surface area contributed by atoms with E-state index in [0.717, 1.165) is 13.1 Å². The zero-order chi connectivity index (χ0) is 10.0. The smallest absolute Gasteiger partial charge is 0.316 e. The van der Waals surface area contributed by atoms with E-state index in [-0.39, 0.29) is 0 Å². The predicted octanol–water partition coefficient (Wildman–Crippen LogP) is 0.244. The molecule has 0 atom stereocenters. The highest BCUT2D eigenvalue weighted by Crippen LogP contribution is 2.34. The maximum atomic E-state index is 11.3. The summed E-state index contributed by atoms with van der Waals surface area (Å²) < 4.78 is 3.87. The lowest BCUT2D eigenvalue weighted by atomic mass is 9.79. The minimum Gasteiger partial charge on any atom is -0.481 e. The summed E-state index contributed by atoms with van der Waals surface area (Å²) >= 11 is 1.19. The molecule has 0 unspecified atom stereocenters. The van der Waals surface area contributed by atoms with Crippen molar-refractivity contribution in [1.29, 1.82) is 0 Å². The number of nitrogens with one attached hydrogen (secondary N) is 1. The summed E-state index contributed by atoms with van der Waals surface area (Å²) in [7, 11) is 0. The molecule has 6 heteroatoms. The van der Waals surface area contributed by atoms with E-state index < -0.39 is 11.4 Å². The Kier molecular flexibility index (Phi) is 2.47. The van der Waals surface area contributed by atoms with Gasteiger partial charge in [-0.05, 0) is 37.5 Å². The lowest BCUT2D eigenvalue weighted by Gasteiger charge is -2.31. The fourth-order valence-electron chi connectivity index (χ4n) is 1.76. The molecular formula is C8H11N3O2S. The van der Waals surface area contributed by atoms with Crippen LogP contribution in [0.4, 0.5) is 0 Å². The summed E-state index contributed by atoms with van der Waals surface area (Å²) in [5.41, 5.74) is -0.799. The van der Waals surface area contributed by atoms with E-state index in [1.54, 1.807) is 0 Å². The summed E-state index contributed by atoms with van der Waals surface area (Å²) in [6.45, 7) is 1.46. The summed E-state index contributed by atoms with van der Waals surface area (Å²) in [6, 6.07) is 0. The number of hydrogen-bond acceptors (Lipinski definition) is 5. The Balaban J connectivity index is 2.35. The van der Waals surface area contributed by atoms with Crippen molar-refractivity contribution in [2.75, 3.05) is 13.1 Å². The van der Waals surface area contributed by atoms with Crippen LogP contribution in [0.5, 0.6) is 0 Å². The molecule has 2 heterocycles. The van der Waals surface area contributed by atoms with Crippen LogP contribution in [0.25, 0.3) is 0 Å². The summed E-state index contributed by atoms with van der Waals surface area (Å²) in [5.74, 6) is -0.782. The topological polar surface area (TPSA) is 75.1 Å². The molecule has 0 saturated carbocycles. The van der Waals surface area contributed by atoms with Crippen LogP contribution in [-0.4, -0.2) is 33.5 Å². The predicted molar refractivity (Wildman–Crippen MR) is 51.3 cm³/mol. The van der Waals surface area contributed by atoms with Gasteiger partial charge in [-0.3, -0.25) is 4.79 Å². The molecular weight excluding hydrogens is 202 g/mol. The number of carbonyl (C=O) groups is 1. The first-order chi connectivity index (χ1) is 6.76. The highest BCUT2D eigenvalue weighted by atomic mass is 32.1. The first kappa shape index (κ1) is 9.54. The maximum Gasteiger partial charge on any atom is 0.316 e. The first-order valence-electron chi connectivity index (χ1n) is 4.47. The van der Waals surface area contributed by atoms with E-state index in [1.807, 2.05) is 0 Å². The average molecular weight is 213 g/mol. The van der Waals surface area contributed by atoms with Gasteiger partial charge in [-0.15, -0.1) is 0 Å². The molecule has 0 aromatic carbocycles. The van der Waals surface area contributed by atoms with Crippen molar-refractivity contribution in [2.24, 2.45) is 0 Å². The van der Waals surface area contributed by atoms with Gasteiger partial charge in [0, 0.05) is 0 Å². The number of carboxylic acid groups (broad SMARTS) is 1. The Morgan fingerprint density at radius 1 is 1.57 bits per heavy atom. The molecule has 0 amide bonds. The quantitative estimate of drug-likeness (QED) is 0.736. The van der Waals surface area contributed by atoms with Crippen LogP contribution in [0.15, 0.2) is 6.33 Å². The lowest BCUT2D eigenvalue weighted by molar-refractivity contribution is -0.145. The third kappa shape index (κ3) is 1.40. The molecule has 0 bridgehead atoms. The van der Waals surface area contributed by atoms with Gasteiger partial charge in [-0.2, -0.15) is 4.37 Å². The lowest BCUT2D eigenvalue weighted by Crippen LogP contribution is -2.45. The van der Waals surface area contributed by atoms with E-state index in [4.69, 9.17) is 0 Å². The van der Waals surface area contributed by atoms with Gasteiger partial charge < -0.3 is 10.4 Å². The second-order valence-corrected chi connectivity index (χ2v) is 4.16. The third-order valence-electron chi connectivity index (χ3n) is 2.64. The van der Waals surface area contributed by atoms with Gasteiger partial charge in [0.25, 0.3) is 0 Å². The molecule has 0 spiro atoms. The molecule has 1 fully saturated rings. The number of nitrogens with zero attached hydrogens (tertiary/aromatic N) is 2. The van der Waals surface area contributed by atoms with Crippen molar-refractivity contribution >= 4 is 17.5 Å². The van der Waals surface area contributed by atoms with Gasteiger partial charge in [0.1, 0.15) is 16.7 Å². The van der Waals surface area contributed by atoms with Gasteiger partial charge in [0.2, 0.25) is 0 Å². The Hall–Kier alpha value is -1.01. The number of rotatable bonds is 2. The third-order valence-corrected chi connectivity index (χ3v) is 3.51. The SMILES string of the molecule is O=C(O)C1(c2ncns2)CCNCC1. The van der Waals surface area contributed by atoms with Crippen molar-refractivity contribution in [2.45, 2.75) is 18.3 Å². The number of aliphatic carboxylic acids is 1. The molecule has 1 aliphatic rings. The van der Waals surface area contributed by atoms with Crippen molar-refractivity contribution in [3.63, 3.8) is 0 Å². The second-order valence-electron chi connectivity index (χ2n) is 3.38. The normalized spacial score (nSPS) is 20.6. The van der Waals surface area contributed by atoms with E-state index in [1.165, 1.54) is 17.9 Å². The molecule has 2 rings (SSSR count). The van der Waals surface area contributed by atoms with E-state index in [9.17, 15) is 9.90 Å². The van der Waals surface area contributed by atoms with Gasteiger partial charge in [0.05, 0.1) is 0 Å². The Morgan fingerprint density at radius 2 is 2.29 bits per heavy atom. The van der Waals surface area contributed by atoms with Crippen molar-refractivity contribution in [3.8, 4) is 0 Å². The number of carboxylic acids is 1. The first-order valence-corrected chi connectivity index (χ1v) is 5.24. The van der Waals surface area contributed by atoms with Crippen LogP contribution < -0.4 is 5.32 Å². The van der Waals surface area contributed by atoms with Crippen LogP contribution in [0.3, 0.4) is 0 Å². The fourth-order valence-corrected chi connectivity index (χ4v) is 2.51. The van der Waals surface area contributed by atoms with Crippen molar-refractivity contribution < 1.29 is 9.90 Å². The number of piperidine rings is 1. The number of aromatic nitrogens is 2. The molecule has 1 aromatic heterocycles. The minimum absolute atomic E-state index is 0.595. The minimum atomic E-state index is -0.799. The molecule has 5 nitrogen and oxygen atoms in total. The molecule has 1 aromatic rings. The molecule has 14 heavy (non-hydrogen) atoms. The van der Waals surface area contributed by atoms with E-state index >= 15 is 0 Å². The molecule has 1 aliphatic heterocycles. The molecule has 2 N–H and O–H groups in total. The summed E-state index contributed by atoms with van der Waals surface area (Å²) in [6.07, 6.45) is 2.61. The second kappa shape index (κ2) is 3.62. The van der Waals surface area contributed by atoms with Crippen molar-refractivity contribution in [1.82, 2.24) is 14.7 Å². The monoisotopic (exact) mass is 213 g/mol. The summed E-state index contributed by atoms with van der Waals surface area (Å²) in [5, 5.41) is 13.1. The Labute approximate surface area is 85.3 Å². The maximum absolute atomic E-state index is 11.3. The van der Waals surface area contributed by atoms with Crippen LogP contribution >= 0.6 is 11.5 Å². The van der Waals surface area contributed by atoms with Gasteiger partial charge in [-0.1, -0.05) is 0 Å². The van der Waals surface area contributed by atoms with Crippen molar-refractivity contribution in [3.05, 3.63) is 11.3 Å². The molecule has 76 valence electrons. The standard InChI is InChI=1S/C8H11N3O2S/c12-7(13)8(1-3-9-4-2-8)6-10-5-11-14-6/h5,9H,1-4H2,(H,12,13). The van der Waals surface area contributed by atoms with Crippen LogP contribution in [0.1, 0.15) is 17.8 Å². The van der Waals surface area contributed by atoms with Crippen LogP contribution in [0.2, 0.25) is 0 Å². The Bertz CT molecular complexity index is 319. The van der Waals surface area contributed by atoms with Gasteiger partial charge in [-0.25, -0.2) is 4.98 Å². The van der Waals surface area contributed by atoms with Crippen LogP contribution in [-0.2, 0) is 10.2 Å².